The molecule has 1 amide bonds. The summed E-state index contributed by atoms with van der Waals surface area (Å²) in [5.41, 5.74) is 4.01. The maximum atomic E-state index is 14.6. The van der Waals surface area contributed by atoms with E-state index in [1.165, 1.54) is 24.9 Å². The maximum absolute atomic E-state index is 14.6. The first-order valence-corrected chi connectivity index (χ1v) is 11.0. The second-order valence-electron chi connectivity index (χ2n) is 7.89. The van der Waals surface area contributed by atoms with Gasteiger partial charge in [-0.3, -0.25) is 9.69 Å². The van der Waals surface area contributed by atoms with Gasteiger partial charge in [0.25, 0.3) is 0 Å². The summed E-state index contributed by atoms with van der Waals surface area (Å²) in [7, 11) is 0. The number of hydrogen-bond acceptors (Lipinski definition) is 5. The second-order valence-corrected chi connectivity index (χ2v) is 7.89. The summed E-state index contributed by atoms with van der Waals surface area (Å²) < 4.78 is 20.0. The molecule has 0 aliphatic carbocycles. The van der Waals surface area contributed by atoms with Crippen molar-refractivity contribution in [1.82, 2.24) is 10.2 Å². The first-order chi connectivity index (χ1) is 16.0. The summed E-state index contributed by atoms with van der Waals surface area (Å²) in [6, 6.07) is 13.4. The van der Waals surface area contributed by atoms with Crippen molar-refractivity contribution in [2.24, 2.45) is 4.99 Å². The fourth-order valence-electron chi connectivity index (χ4n) is 3.55. The summed E-state index contributed by atoms with van der Waals surface area (Å²) in [5.74, 6) is -0.236. The van der Waals surface area contributed by atoms with Gasteiger partial charge in [0, 0.05) is 25.2 Å². The number of aliphatic imine (C=N–C) groups is 1. The molecule has 0 saturated carbocycles. The third kappa shape index (κ3) is 7.97. The first-order valence-electron chi connectivity index (χ1n) is 11.0. The smallest absolute Gasteiger partial charge is 0.212 e. The van der Waals surface area contributed by atoms with Crippen LogP contribution in [0.3, 0.4) is 0 Å². The molecular weight excluding hydrogens is 421 g/mol. The number of carbonyl (C=O) groups is 1. The Morgan fingerprint density at radius 3 is 2.55 bits per heavy atom. The van der Waals surface area contributed by atoms with E-state index < -0.39 is 0 Å². The number of halogens is 1. The van der Waals surface area contributed by atoms with Crippen molar-refractivity contribution in [2.45, 2.75) is 26.3 Å². The lowest BCUT2D eigenvalue weighted by molar-refractivity contribution is -0.108. The SMILES string of the molecule is C/C(O)=C(/CCc1ccc(/C=C/c2ccc(CN3CCOCC3)cc2)c(F)c1)N=CNC=O. The number of hydrogen-bond donors (Lipinski definition) is 2. The third-order valence-corrected chi connectivity index (χ3v) is 5.44. The number of aliphatic hydroxyl groups is 1. The van der Waals surface area contributed by atoms with Gasteiger partial charge >= 0.3 is 0 Å². The zero-order valence-electron chi connectivity index (χ0n) is 18.8. The van der Waals surface area contributed by atoms with Crippen LogP contribution < -0.4 is 5.32 Å². The molecule has 0 spiro atoms. The minimum absolute atomic E-state index is 0.0648. The van der Waals surface area contributed by atoms with E-state index in [1.807, 2.05) is 24.3 Å². The van der Waals surface area contributed by atoms with Crippen LogP contribution in [0.25, 0.3) is 12.2 Å². The number of rotatable bonds is 10. The number of benzene rings is 2. The number of carbonyl (C=O) groups excluding carboxylic acids is 1. The number of aryl methyl sites for hydroxylation is 1. The number of aliphatic hydroxyl groups excluding tert-OH is 1. The molecule has 1 fully saturated rings. The van der Waals surface area contributed by atoms with Crippen LogP contribution in [0.1, 0.15) is 35.6 Å². The van der Waals surface area contributed by atoms with Gasteiger partial charge in [-0.1, -0.05) is 48.6 Å². The molecule has 0 radical (unpaired) electrons. The normalized spacial score (nSPS) is 15.7. The van der Waals surface area contributed by atoms with Crippen LogP contribution >= 0.6 is 0 Å². The van der Waals surface area contributed by atoms with E-state index in [9.17, 15) is 14.3 Å². The molecule has 0 aromatic heterocycles. The van der Waals surface area contributed by atoms with E-state index in [1.54, 1.807) is 12.1 Å². The molecule has 1 aliphatic rings. The number of nitrogens with one attached hydrogen (secondary N) is 1. The molecule has 33 heavy (non-hydrogen) atoms. The molecule has 0 bridgehead atoms. The van der Waals surface area contributed by atoms with Gasteiger partial charge in [0.15, 0.2) is 0 Å². The molecule has 0 unspecified atom stereocenters. The monoisotopic (exact) mass is 451 g/mol. The van der Waals surface area contributed by atoms with Gasteiger partial charge in [-0.15, -0.1) is 0 Å². The van der Waals surface area contributed by atoms with Gasteiger partial charge < -0.3 is 15.2 Å². The standard InChI is InChI=1S/C26H30FN3O3/c1-20(32)26(29-18-28-19-31)11-8-22-7-10-24(25(27)16-22)9-6-21-2-4-23(5-3-21)17-30-12-14-33-15-13-30/h2-7,9-10,16,18-19,32H,8,11-15,17H2,1H3,(H,28,29,31)/b9-6+,26-20+. The van der Waals surface area contributed by atoms with Gasteiger partial charge in [-0.25, -0.2) is 9.38 Å². The molecule has 174 valence electrons. The molecule has 1 heterocycles. The summed E-state index contributed by atoms with van der Waals surface area (Å²) >= 11 is 0. The Bertz CT molecular complexity index is 1010. The van der Waals surface area contributed by atoms with Gasteiger partial charge in [-0.05, 0) is 42.5 Å². The molecular formula is C26H30FN3O3. The van der Waals surface area contributed by atoms with Crippen molar-refractivity contribution >= 4 is 24.9 Å². The topological polar surface area (TPSA) is 74.2 Å². The molecule has 2 aromatic carbocycles. The highest BCUT2D eigenvalue weighted by molar-refractivity contribution is 5.72. The molecule has 1 saturated heterocycles. The Kier molecular flexibility index (Phi) is 9.35. The number of amides is 1. The summed E-state index contributed by atoms with van der Waals surface area (Å²) in [6.07, 6.45) is 6.32. The summed E-state index contributed by atoms with van der Waals surface area (Å²) in [5, 5.41) is 12.0. The van der Waals surface area contributed by atoms with Crippen molar-refractivity contribution < 1.29 is 19.0 Å². The summed E-state index contributed by atoms with van der Waals surface area (Å²) in [6.45, 7) is 5.93. The number of morpholine rings is 1. The zero-order chi connectivity index (χ0) is 23.5. The average molecular weight is 452 g/mol. The van der Waals surface area contributed by atoms with Crippen molar-refractivity contribution in [1.29, 1.82) is 0 Å². The van der Waals surface area contributed by atoms with Crippen LogP contribution in [0.2, 0.25) is 0 Å². The fourth-order valence-corrected chi connectivity index (χ4v) is 3.55. The Labute approximate surface area is 194 Å². The van der Waals surface area contributed by atoms with Crippen LogP contribution in [0.15, 0.2) is 58.9 Å². The van der Waals surface area contributed by atoms with Crippen LogP contribution in [-0.4, -0.2) is 49.1 Å². The summed E-state index contributed by atoms with van der Waals surface area (Å²) in [4.78, 5) is 16.7. The lowest BCUT2D eigenvalue weighted by Gasteiger charge is -2.26. The van der Waals surface area contributed by atoms with Crippen LogP contribution in [0, 0.1) is 5.82 Å². The Morgan fingerprint density at radius 1 is 1.15 bits per heavy atom. The fraction of sp³-hybridized carbons (Fsp3) is 0.308. The van der Waals surface area contributed by atoms with Crippen LogP contribution in [0.5, 0.6) is 0 Å². The quantitative estimate of drug-likeness (QED) is 0.185. The molecule has 2 N–H and O–H groups in total. The molecule has 0 atom stereocenters. The van der Waals surface area contributed by atoms with Gasteiger partial charge in [0.1, 0.15) is 11.6 Å². The molecule has 7 heteroatoms. The van der Waals surface area contributed by atoms with Crippen LogP contribution in [0.4, 0.5) is 4.39 Å². The van der Waals surface area contributed by atoms with Crippen molar-refractivity contribution in [3.63, 3.8) is 0 Å². The Morgan fingerprint density at radius 2 is 1.88 bits per heavy atom. The van der Waals surface area contributed by atoms with E-state index in [0.717, 1.165) is 44.0 Å². The molecule has 6 nitrogen and oxygen atoms in total. The molecule has 2 aromatic rings. The highest BCUT2D eigenvalue weighted by Crippen LogP contribution is 2.18. The average Bonchev–Trinajstić information content (AvgIpc) is 2.82. The maximum Gasteiger partial charge on any atom is 0.212 e. The highest BCUT2D eigenvalue weighted by atomic mass is 19.1. The number of nitrogens with zero attached hydrogens (tertiary/aromatic N) is 2. The third-order valence-electron chi connectivity index (χ3n) is 5.44. The van der Waals surface area contributed by atoms with Gasteiger partial charge in [0.2, 0.25) is 6.41 Å². The molecule has 1 aliphatic heterocycles. The largest absolute Gasteiger partial charge is 0.511 e. The van der Waals surface area contributed by atoms with E-state index in [0.29, 0.717) is 30.5 Å². The first kappa shape index (κ1) is 24.4. The van der Waals surface area contributed by atoms with E-state index in [4.69, 9.17) is 4.74 Å². The van der Waals surface area contributed by atoms with E-state index >= 15 is 0 Å². The zero-order valence-corrected chi connectivity index (χ0v) is 18.8. The molecule has 3 rings (SSSR count). The van der Waals surface area contributed by atoms with E-state index in [-0.39, 0.29) is 11.6 Å². The van der Waals surface area contributed by atoms with Crippen molar-refractivity contribution in [3.8, 4) is 0 Å². The van der Waals surface area contributed by atoms with Gasteiger partial charge in [0.05, 0.1) is 25.2 Å². The van der Waals surface area contributed by atoms with Crippen molar-refractivity contribution in [3.05, 3.63) is 82.0 Å². The Hall–Kier alpha value is -3.29. The second kappa shape index (κ2) is 12.7. The van der Waals surface area contributed by atoms with Gasteiger partial charge in [-0.2, -0.15) is 0 Å². The predicted molar refractivity (Wildman–Crippen MR) is 129 cm³/mol. The minimum Gasteiger partial charge on any atom is -0.511 e. The number of ether oxygens (including phenoxy) is 1. The Balaban J connectivity index is 1.57. The minimum atomic E-state index is -0.301. The predicted octanol–water partition coefficient (Wildman–Crippen LogP) is 4.32. The lowest BCUT2D eigenvalue weighted by Crippen LogP contribution is -2.35. The van der Waals surface area contributed by atoms with E-state index in [2.05, 4.69) is 27.3 Å². The lowest BCUT2D eigenvalue weighted by atomic mass is 10.0. The van der Waals surface area contributed by atoms with Crippen LogP contribution in [-0.2, 0) is 22.5 Å². The number of allylic oxidation sites excluding steroid dienone is 2. The highest BCUT2D eigenvalue weighted by Gasteiger charge is 2.10. The van der Waals surface area contributed by atoms with Crippen molar-refractivity contribution in [2.75, 3.05) is 26.3 Å².